The summed E-state index contributed by atoms with van der Waals surface area (Å²) in [6.07, 6.45) is 1.53. The lowest BCUT2D eigenvalue weighted by atomic mass is 10.3. The summed E-state index contributed by atoms with van der Waals surface area (Å²) in [6.45, 7) is 0. The van der Waals surface area contributed by atoms with Crippen LogP contribution in [0.15, 0.2) is 47.5 Å². The minimum absolute atomic E-state index is 0.0718. The summed E-state index contributed by atoms with van der Waals surface area (Å²) >= 11 is 5.78. The van der Waals surface area contributed by atoms with Crippen molar-refractivity contribution < 1.29 is 8.42 Å². The minimum atomic E-state index is -3.70. The molecule has 0 aliphatic rings. The van der Waals surface area contributed by atoms with E-state index in [1.807, 2.05) is 0 Å². The molecule has 1 aromatic carbocycles. The predicted octanol–water partition coefficient (Wildman–Crippen LogP) is 2.14. The number of benzene rings is 1. The number of hydrogen-bond acceptors (Lipinski definition) is 4. The van der Waals surface area contributed by atoms with E-state index >= 15 is 0 Å². The first-order chi connectivity index (χ1) is 8.93. The third-order valence-corrected chi connectivity index (χ3v) is 4.70. The maximum Gasteiger partial charge on any atom is 0.265 e. The highest BCUT2D eigenvalue weighted by Gasteiger charge is 2.22. The first kappa shape index (κ1) is 13.6. The third-order valence-electron chi connectivity index (χ3n) is 2.60. The quantitative estimate of drug-likeness (QED) is 0.881. The van der Waals surface area contributed by atoms with Crippen LogP contribution in [0.1, 0.15) is 0 Å². The van der Waals surface area contributed by atoms with Gasteiger partial charge in [-0.2, -0.15) is 0 Å². The number of nitrogen functional groups attached to an aromatic ring is 1. The summed E-state index contributed by atoms with van der Waals surface area (Å²) in [4.78, 5) is 4.07. The molecule has 0 spiro atoms. The normalized spacial score (nSPS) is 11.3. The molecule has 0 atom stereocenters. The van der Waals surface area contributed by atoms with Crippen molar-refractivity contribution in [3.8, 4) is 0 Å². The summed E-state index contributed by atoms with van der Waals surface area (Å²) in [5.74, 6) is 0.330. The Balaban J connectivity index is 2.45. The molecule has 1 heterocycles. The zero-order valence-corrected chi connectivity index (χ0v) is 11.7. The molecule has 0 amide bonds. The van der Waals surface area contributed by atoms with E-state index in [1.54, 1.807) is 18.2 Å². The molecule has 0 aliphatic carbocycles. The van der Waals surface area contributed by atoms with Gasteiger partial charge >= 0.3 is 0 Å². The molecule has 0 saturated carbocycles. The largest absolute Gasteiger partial charge is 0.397 e. The highest BCUT2D eigenvalue weighted by Crippen LogP contribution is 2.25. The van der Waals surface area contributed by atoms with Gasteiger partial charge in [-0.1, -0.05) is 17.7 Å². The Kier molecular flexibility index (Phi) is 3.64. The van der Waals surface area contributed by atoms with Crippen molar-refractivity contribution in [3.05, 3.63) is 47.6 Å². The molecule has 5 nitrogen and oxygen atoms in total. The van der Waals surface area contributed by atoms with Gasteiger partial charge in [0.05, 0.1) is 15.6 Å². The van der Waals surface area contributed by atoms with Gasteiger partial charge in [0.2, 0.25) is 0 Å². The summed E-state index contributed by atoms with van der Waals surface area (Å²) in [5, 5.41) is 0.319. The van der Waals surface area contributed by atoms with E-state index in [9.17, 15) is 8.42 Å². The Hall–Kier alpha value is -1.79. The number of pyridine rings is 1. The van der Waals surface area contributed by atoms with Gasteiger partial charge in [-0.05, 0) is 30.3 Å². The van der Waals surface area contributed by atoms with Crippen molar-refractivity contribution in [2.45, 2.75) is 4.90 Å². The van der Waals surface area contributed by atoms with Gasteiger partial charge in [-0.25, -0.2) is 13.4 Å². The smallest absolute Gasteiger partial charge is 0.265 e. The first-order valence-corrected chi connectivity index (χ1v) is 7.20. The van der Waals surface area contributed by atoms with Crippen molar-refractivity contribution >= 4 is 33.1 Å². The van der Waals surface area contributed by atoms with Gasteiger partial charge < -0.3 is 5.73 Å². The maximum atomic E-state index is 12.4. The van der Waals surface area contributed by atoms with Crippen LogP contribution in [0, 0.1) is 0 Å². The maximum absolute atomic E-state index is 12.4. The molecule has 7 heteroatoms. The molecule has 0 fully saturated rings. The second-order valence-corrected chi connectivity index (χ2v) is 6.22. The van der Waals surface area contributed by atoms with Crippen LogP contribution >= 0.6 is 11.6 Å². The third kappa shape index (κ3) is 2.64. The van der Waals surface area contributed by atoms with Crippen molar-refractivity contribution in [2.24, 2.45) is 0 Å². The fraction of sp³-hybridized carbons (Fsp3) is 0.0833. The van der Waals surface area contributed by atoms with Gasteiger partial charge in [0.15, 0.2) is 0 Å². The van der Waals surface area contributed by atoms with Crippen LogP contribution in [0.25, 0.3) is 0 Å². The molecule has 2 aromatic rings. The Morgan fingerprint density at radius 2 is 2.00 bits per heavy atom. The van der Waals surface area contributed by atoms with E-state index in [2.05, 4.69) is 4.98 Å². The van der Waals surface area contributed by atoms with Gasteiger partial charge in [0, 0.05) is 13.2 Å². The van der Waals surface area contributed by atoms with Crippen LogP contribution in [-0.4, -0.2) is 20.4 Å². The van der Waals surface area contributed by atoms with Gasteiger partial charge in [-0.15, -0.1) is 0 Å². The molecule has 2 rings (SSSR count). The number of halogens is 1. The Morgan fingerprint density at radius 1 is 1.26 bits per heavy atom. The first-order valence-electron chi connectivity index (χ1n) is 5.38. The molecule has 100 valence electrons. The highest BCUT2D eigenvalue weighted by molar-refractivity contribution is 7.92. The summed E-state index contributed by atoms with van der Waals surface area (Å²) in [5.41, 5.74) is 5.85. The molecule has 19 heavy (non-hydrogen) atoms. The number of hydrogen-bond donors (Lipinski definition) is 1. The predicted molar refractivity (Wildman–Crippen MR) is 75.7 cm³/mol. The second kappa shape index (κ2) is 5.07. The number of nitrogens with zero attached hydrogens (tertiary/aromatic N) is 2. The Bertz CT molecular complexity index is 689. The lowest BCUT2D eigenvalue weighted by Gasteiger charge is -2.18. The SMILES string of the molecule is CN(c1ccccn1)S(=O)(=O)c1ccc(Cl)c(N)c1. The molecular formula is C12H12ClN3O2S. The molecule has 0 aliphatic heterocycles. The number of anilines is 2. The molecule has 0 radical (unpaired) electrons. The van der Waals surface area contributed by atoms with Gasteiger partial charge in [0.1, 0.15) is 5.82 Å². The molecule has 2 N–H and O–H groups in total. The summed E-state index contributed by atoms with van der Waals surface area (Å²) < 4.78 is 25.9. The van der Waals surface area contributed by atoms with Crippen LogP contribution in [0.2, 0.25) is 5.02 Å². The van der Waals surface area contributed by atoms with E-state index in [1.165, 1.54) is 31.4 Å². The number of nitrogens with two attached hydrogens (primary N) is 1. The molecule has 0 unspecified atom stereocenters. The number of sulfonamides is 1. The zero-order valence-electron chi connectivity index (χ0n) is 10.1. The molecule has 1 aromatic heterocycles. The molecule has 0 bridgehead atoms. The van der Waals surface area contributed by atoms with E-state index in [-0.39, 0.29) is 10.6 Å². The lowest BCUT2D eigenvalue weighted by molar-refractivity contribution is 0.594. The van der Waals surface area contributed by atoms with Crippen LogP contribution in [-0.2, 0) is 10.0 Å². The van der Waals surface area contributed by atoms with Crippen LogP contribution in [0.3, 0.4) is 0 Å². The standard InChI is InChI=1S/C12H12ClN3O2S/c1-16(12-4-2-3-7-15-12)19(17,18)9-5-6-10(13)11(14)8-9/h2-8H,14H2,1H3. The van der Waals surface area contributed by atoms with Crippen molar-refractivity contribution in [3.63, 3.8) is 0 Å². The average Bonchev–Trinajstić information content (AvgIpc) is 2.41. The lowest BCUT2D eigenvalue weighted by Crippen LogP contribution is -2.27. The van der Waals surface area contributed by atoms with Crippen LogP contribution in [0.4, 0.5) is 11.5 Å². The summed E-state index contributed by atoms with van der Waals surface area (Å²) in [7, 11) is -2.27. The Morgan fingerprint density at radius 3 is 2.58 bits per heavy atom. The van der Waals surface area contributed by atoms with Crippen LogP contribution in [0.5, 0.6) is 0 Å². The fourth-order valence-corrected chi connectivity index (χ4v) is 2.81. The van der Waals surface area contributed by atoms with Crippen molar-refractivity contribution in [1.29, 1.82) is 0 Å². The van der Waals surface area contributed by atoms with Gasteiger partial charge in [0.25, 0.3) is 10.0 Å². The Labute approximate surface area is 116 Å². The van der Waals surface area contributed by atoms with Crippen molar-refractivity contribution in [1.82, 2.24) is 4.98 Å². The van der Waals surface area contributed by atoms with E-state index < -0.39 is 10.0 Å². The molecular weight excluding hydrogens is 286 g/mol. The van der Waals surface area contributed by atoms with Gasteiger partial charge in [-0.3, -0.25) is 4.31 Å². The van der Waals surface area contributed by atoms with E-state index in [0.717, 1.165) is 4.31 Å². The highest BCUT2D eigenvalue weighted by atomic mass is 35.5. The number of rotatable bonds is 3. The summed E-state index contributed by atoms with van der Waals surface area (Å²) in [6, 6.07) is 9.23. The topological polar surface area (TPSA) is 76.3 Å². The molecule has 0 saturated heterocycles. The van der Waals surface area contributed by atoms with Crippen LogP contribution < -0.4 is 10.0 Å². The second-order valence-electron chi connectivity index (χ2n) is 3.84. The van der Waals surface area contributed by atoms with Crippen molar-refractivity contribution in [2.75, 3.05) is 17.1 Å². The fourth-order valence-electron chi connectivity index (χ4n) is 1.50. The van der Waals surface area contributed by atoms with E-state index in [4.69, 9.17) is 17.3 Å². The van der Waals surface area contributed by atoms with E-state index in [0.29, 0.717) is 10.8 Å². The zero-order chi connectivity index (χ0) is 14.0. The monoisotopic (exact) mass is 297 g/mol. The minimum Gasteiger partial charge on any atom is -0.397 e. The average molecular weight is 298 g/mol. The number of aromatic nitrogens is 1.